The minimum atomic E-state index is -2.63. The van der Waals surface area contributed by atoms with Gasteiger partial charge in [0.15, 0.2) is 17.2 Å². The third-order valence-electron chi connectivity index (χ3n) is 8.82. The van der Waals surface area contributed by atoms with Crippen molar-refractivity contribution in [2.45, 2.75) is 72.8 Å². The Balaban J connectivity index is 2.12. The standard InChI is InChI=1S/C30H34O7/c1-9-16-10-17(13(2)3)18-11-28(7)12-29(8)21(14(4)5)24(33)19(15(6)31)26(35)30(29,37)27(36)22(28)25(34)20(18)23(16)32/h1,10,13-14,21,32-33,36-37H,11-12H2,2-8H3/t21?,28-,29-,30+/m1/s1. The van der Waals surface area contributed by atoms with Gasteiger partial charge in [-0.2, -0.15) is 0 Å². The smallest absolute Gasteiger partial charge is 0.209 e. The summed E-state index contributed by atoms with van der Waals surface area (Å²) < 4.78 is 0. The highest BCUT2D eigenvalue weighted by atomic mass is 16.3. The number of hydrogen-bond donors (Lipinski definition) is 4. The molecule has 3 aliphatic rings. The molecule has 0 amide bonds. The molecule has 0 aromatic heterocycles. The Morgan fingerprint density at radius 2 is 1.73 bits per heavy atom. The first-order valence-corrected chi connectivity index (χ1v) is 12.5. The first-order valence-electron chi connectivity index (χ1n) is 12.5. The van der Waals surface area contributed by atoms with Crippen LogP contribution in [0.2, 0.25) is 0 Å². The van der Waals surface area contributed by atoms with Crippen molar-refractivity contribution in [3.8, 4) is 18.1 Å². The van der Waals surface area contributed by atoms with Gasteiger partial charge >= 0.3 is 0 Å². The van der Waals surface area contributed by atoms with Gasteiger partial charge in [-0.1, -0.05) is 47.5 Å². The van der Waals surface area contributed by atoms with Gasteiger partial charge in [-0.25, -0.2) is 0 Å². The van der Waals surface area contributed by atoms with Gasteiger partial charge in [0.05, 0.1) is 11.1 Å². The van der Waals surface area contributed by atoms with Gasteiger partial charge in [-0.15, -0.1) is 6.42 Å². The second-order valence-corrected chi connectivity index (χ2v) is 12.0. The highest BCUT2D eigenvalue weighted by molar-refractivity contribution is 6.25. The molecule has 0 radical (unpaired) electrons. The number of Topliss-reactive ketones (excluding diaryl/α,β-unsaturated/α-hetero) is 3. The van der Waals surface area contributed by atoms with Crippen LogP contribution in [0.15, 0.2) is 28.7 Å². The number of hydrogen-bond acceptors (Lipinski definition) is 7. The molecule has 0 spiro atoms. The molecule has 37 heavy (non-hydrogen) atoms. The van der Waals surface area contributed by atoms with Crippen molar-refractivity contribution in [3.05, 3.63) is 51.0 Å². The SMILES string of the molecule is C#Cc1cc(C(C)C)c2c(c1O)C(=O)C1=C(O)[C@@]3(O)C(=O)C(C(C)=O)=C(O)C(C(C)C)[C@@]3(C)C[C@@]1(C)C2. The quantitative estimate of drug-likeness (QED) is 0.352. The zero-order chi connectivity index (χ0) is 28.0. The van der Waals surface area contributed by atoms with Gasteiger partial charge in [0.2, 0.25) is 5.78 Å². The summed E-state index contributed by atoms with van der Waals surface area (Å²) in [5, 5.41) is 45.9. The van der Waals surface area contributed by atoms with E-state index in [9.17, 15) is 34.8 Å². The van der Waals surface area contributed by atoms with Gasteiger partial charge in [0.25, 0.3) is 0 Å². The van der Waals surface area contributed by atoms with E-state index in [1.54, 1.807) is 33.8 Å². The number of rotatable bonds is 3. The fourth-order valence-electron chi connectivity index (χ4n) is 7.45. The third kappa shape index (κ3) is 3.15. The van der Waals surface area contributed by atoms with E-state index in [0.29, 0.717) is 5.56 Å². The molecule has 1 unspecified atom stereocenters. The van der Waals surface area contributed by atoms with Crippen molar-refractivity contribution in [1.82, 2.24) is 0 Å². The molecule has 0 saturated heterocycles. The van der Waals surface area contributed by atoms with Crippen LogP contribution in [0.1, 0.15) is 87.9 Å². The maximum absolute atomic E-state index is 14.1. The first-order chi connectivity index (χ1) is 17.0. The summed E-state index contributed by atoms with van der Waals surface area (Å²) in [7, 11) is 0. The Kier molecular flexibility index (Phi) is 5.82. The summed E-state index contributed by atoms with van der Waals surface area (Å²) >= 11 is 0. The lowest BCUT2D eigenvalue weighted by Gasteiger charge is -2.59. The Morgan fingerprint density at radius 3 is 2.22 bits per heavy atom. The molecule has 1 aromatic carbocycles. The number of phenolic OH excluding ortho intramolecular Hbond substituents is 1. The minimum absolute atomic E-state index is 0.0298. The predicted octanol–water partition coefficient (Wildman–Crippen LogP) is 4.45. The van der Waals surface area contributed by atoms with Gasteiger partial charge in [-0.05, 0) is 48.8 Å². The summed E-state index contributed by atoms with van der Waals surface area (Å²) in [6.45, 7) is 12.0. The Hall–Kier alpha value is -3.37. The van der Waals surface area contributed by atoms with Gasteiger partial charge in [0.1, 0.15) is 22.8 Å². The summed E-state index contributed by atoms with van der Waals surface area (Å²) in [5.74, 6) is -3.01. The monoisotopic (exact) mass is 506 g/mol. The fourth-order valence-corrected chi connectivity index (χ4v) is 7.45. The molecular formula is C30H34O7. The van der Waals surface area contributed by atoms with Gasteiger partial charge < -0.3 is 20.4 Å². The maximum atomic E-state index is 14.1. The van der Waals surface area contributed by atoms with Crippen LogP contribution in [0.5, 0.6) is 5.75 Å². The van der Waals surface area contributed by atoms with Crippen molar-refractivity contribution in [2.24, 2.45) is 22.7 Å². The van der Waals surface area contributed by atoms with Crippen LogP contribution in [-0.4, -0.2) is 43.4 Å². The molecule has 0 saturated carbocycles. The number of terminal acetylenes is 1. The maximum Gasteiger partial charge on any atom is 0.209 e. The van der Waals surface area contributed by atoms with E-state index in [0.717, 1.165) is 12.5 Å². The number of allylic oxidation sites excluding steroid dienone is 2. The minimum Gasteiger partial charge on any atom is -0.511 e. The lowest BCUT2D eigenvalue weighted by molar-refractivity contribution is -0.171. The Morgan fingerprint density at radius 1 is 1.14 bits per heavy atom. The predicted molar refractivity (Wildman–Crippen MR) is 137 cm³/mol. The van der Waals surface area contributed by atoms with Crippen molar-refractivity contribution in [3.63, 3.8) is 0 Å². The Bertz CT molecular complexity index is 1390. The number of ketones is 3. The van der Waals surface area contributed by atoms with Crippen LogP contribution in [0.25, 0.3) is 0 Å². The van der Waals surface area contributed by atoms with Crippen LogP contribution in [0, 0.1) is 35.0 Å². The molecule has 7 nitrogen and oxygen atoms in total. The van der Waals surface area contributed by atoms with E-state index in [1.807, 2.05) is 13.8 Å². The molecule has 0 heterocycles. The number of aliphatic hydroxyl groups is 3. The number of carbonyl (C=O) groups is 3. The van der Waals surface area contributed by atoms with E-state index >= 15 is 0 Å². The first kappa shape index (κ1) is 26.7. The van der Waals surface area contributed by atoms with Crippen molar-refractivity contribution >= 4 is 17.3 Å². The van der Waals surface area contributed by atoms with E-state index < -0.39 is 56.8 Å². The molecule has 3 aliphatic carbocycles. The second kappa shape index (κ2) is 8.06. The van der Waals surface area contributed by atoms with E-state index in [1.165, 1.54) is 0 Å². The molecule has 4 atom stereocenters. The highest BCUT2D eigenvalue weighted by Gasteiger charge is 2.71. The normalized spacial score (nSPS) is 31.3. The van der Waals surface area contributed by atoms with Crippen molar-refractivity contribution in [1.29, 1.82) is 0 Å². The van der Waals surface area contributed by atoms with Crippen molar-refractivity contribution in [2.75, 3.05) is 0 Å². The summed E-state index contributed by atoms with van der Waals surface area (Å²) in [6.07, 6.45) is 5.89. The van der Waals surface area contributed by atoms with Crippen LogP contribution >= 0.6 is 0 Å². The molecule has 0 fully saturated rings. The van der Waals surface area contributed by atoms with E-state index in [4.69, 9.17) is 6.42 Å². The largest absolute Gasteiger partial charge is 0.511 e. The number of benzene rings is 1. The van der Waals surface area contributed by atoms with Crippen molar-refractivity contribution < 1.29 is 34.8 Å². The molecule has 1 aromatic rings. The molecule has 0 aliphatic heterocycles. The molecule has 7 heteroatoms. The molecular weight excluding hydrogens is 472 g/mol. The van der Waals surface area contributed by atoms with Gasteiger partial charge in [0, 0.05) is 22.3 Å². The topological polar surface area (TPSA) is 132 Å². The fraction of sp³-hybridized carbons (Fsp3) is 0.500. The van der Waals surface area contributed by atoms with Crippen LogP contribution in [-0.2, 0) is 16.0 Å². The molecule has 4 rings (SSSR count). The molecule has 196 valence electrons. The number of aromatic hydroxyl groups is 1. The summed E-state index contributed by atoms with van der Waals surface area (Å²) in [6, 6.07) is 1.69. The van der Waals surface area contributed by atoms with Gasteiger partial charge in [-0.3, -0.25) is 14.4 Å². The number of carbonyl (C=O) groups excluding carboxylic acids is 3. The Labute approximate surface area is 216 Å². The summed E-state index contributed by atoms with van der Waals surface area (Å²) in [4.78, 5) is 40.2. The third-order valence-corrected chi connectivity index (χ3v) is 8.82. The lowest BCUT2D eigenvalue weighted by atomic mass is 9.44. The zero-order valence-corrected chi connectivity index (χ0v) is 22.3. The van der Waals surface area contributed by atoms with E-state index in [-0.39, 0.29) is 47.1 Å². The van der Waals surface area contributed by atoms with Crippen LogP contribution in [0.4, 0.5) is 0 Å². The number of phenols is 1. The van der Waals surface area contributed by atoms with Crippen LogP contribution < -0.4 is 0 Å². The highest BCUT2D eigenvalue weighted by Crippen LogP contribution is 2.65. The number of aliphatic hydroxyl groups excluding tert-OH is 2. The molecule has 0 bridgehead atoms. The van der Waals surface area contributed by atoms with E-state index in [2.05, 4.69) is 5.92 Å². The molecule has 4 N–H and O–H groups in total. The summed E-state index contributed by atoms with van der Waals surface area (Å²) in [5.41, 5.74) is -4.38. The average molecular weight is 507 g/mol. The average Bonchev–Trinajstić information content (AvgIpc) is 2.75. The second-order valence-electron chi connectivity index (χ2n) is 12.0. The number of fused-ring (bicyclic) bond motifs is 3. The lowest BCUT2D eigenvalue weighted by Crippen LogP contribution is -2.67. The zero-order valence-electron chi connectivity index (χ0n) is 22.3. The van der Waals surface area contributed by atoms with Crippen LogP contribution in [0.3, 0.4) is 0 Å².